The third-order valence-corrected chi connectivity index (χ3v) is 5.22. The van der Waals surface area contributed by atoms with Gasteiger partial charge in [0.2, 0.25) is 5.91 Å². The molecule has 1 aliphatic rings. The highest BCUT2D eigenvalue weighted by atomic mass is 79.9. The fraction of sp³-hybridized carbons (Fsp3) is 0.533. The molecule has 2 amide bonds. The van der Waals surface area contributed by atoms with Gasteiger partial charge < -0.3 is 20.1 Å². The van der Waals surface area contributed by atoms with Gasteiger partial charge in [-0.1, -0.05) is 0 Å². The minimum Gasteiger partial charge on any atom is -0.480 e. The van der Waals surface area contributed by atoms with Crippen LogP contribution in [-0.4, -0.2) is 59.6 Å². The summed E-state index contributed by atoms with van der Waals surface area (Å²) in [6.07, 6.45) is 1.55. The minimum atomic E-state index is -1.10. The second kappa shape index (κ2) is 8.59. The lowest BCUT2D eigenvalue weighted by molar-refractivity contribution is -0.146. The molecular weight excluding hydrogens is 400 g/mol. The fourth-order valence-electron chi connectivity index (χ4n) is 2.47. The molecule has 132 valence electrons. The van der Waals surface area contributed by atoms with Gasteiger partial charge in [-0.05, 0) is 47.8 Å². The Morgan fingerprint density at radius 2 is 2.25 bits per heavy atom. The van der Waals surface area contributed by atoms with Gasteiger partial charge in [-0.2, -0.15) is 0 Å². The maximum absolute atomic E-state index is 12.5. The number of carbonyl (C=O) groups is 3. The molecule has 2 atom stereocenters. The number of carboxylic acid groups (broad SMARTS) is 1. The summed E-state index contributed by atoms with van der Waals surface area (Å²) in [7, 11) is 0. The number of thiophene rings is 1. The van der Waals surface area contributed by atoms with Gasteiger partial charge in [0.05, 0.1) is 14.8 Å². The molecular formula is C15H19BrN2O5S. The highest BCUT2D eigenvalue weighted by molar-refractivity contribution is 9.11. The standard InChI is InChI=1S/C15H19BrN2O5S/c1-9(17-14(21)11-4-5-12(16)24-11)15(22)18(8-13(19)20)7-10-3-2-6-23-10/h4-5,9-10H,2-3,6-8H2,1H3,(H,17,21)(H,19,20)/t9-,10+/m1/s1. The van der Waals surface area contributed by atoms with Crippen LogP contribution in [0.25, 0.3) is 0 Å². The predicted molar refractivity (Wildman–Crippen MR) is 92.1 cm³/mol. The van der Waals surface area contributed by atoms with Crippen molar-refractivity contribution < 1.29 is 24.2 Å². The first-order valence-corrected chi connectivity index (χ1v) is 9.16. The summed E-state index contributed by atoms with van der Waals surface area (Å²) in [6, 6.07) is 2.59. The van der Waals surface area contributed by atoms with Crippen LogP contribution in [0.5, 0.6) is 0 Å². The summed E-state index contributed by atoms with van der Waals surface area (Å²) in [4.78, 5) is 37.4. The van der Waals surface area contributed by atoms with Crippen LogP contribution in [0.4, 0.5) is 0 Å². The van der Waals surface area contributed by atoms with Crippen molar-refractivity contribution in [2.24, 2.45) is 0 Å². The number of halogens is 1. The Hall–Kier alpha value is -1.45. The lowest BCUT2D eigenvalue weighted by atomic mass is 10.2. The number of carboxylic acids is 1. The second-order valence-electron chi connectivity index (χ2n) is 5.55. The highest BCUT2D eigenvalue weighted by Crippen LogP contribution is 2.22. The lowest BCUT2D eigenvalue weighted by Crippen LogP contribution is -2.50. The fourth-order valence-corrected chi connectivity index (χ4v) is 3.76. The van der Waals surface area contributed by atoms with E-state index in [1.807, 2.05) is 0 Å². The number of carbonyl (C=O) groups excluding carboxylic acids is 2. The number of hydrogen-bond donors (Lipinski definition) is 2. The molecule has 2 heterocycles. The first-order chi connectivity index (χ1) is 11.4. The van der Waals surface area contributed by atoms with Gasteiger partial charge >= 0.3 is 5.97 Å². The molecule has 0 spiro atoms. The van der Waals surface area contributed by atoms with E-state index < -0.39 is 24.5 Å². The summed E-state index contributed by atoms with van der Waals surface area (Å²) < 4.78 is 6.29. The first kappa shape index (κ1) is 18.9. The van der Waals surface area contributed by atoms with Crippen LogP contribution < -0.4 is 5.32 Å². The Labute approximate surface area is 152 Å². The minimum absolute atomic E-state index is 0.149. The van der Waals surface area contributed by atoms with Gasteiger partial charge in [0.15, 0.2) is 0 Å². The lowest BCUT2D eigenvalue weighted by Gasteiger charge is -2.26. The van der Waals surface area contributed by atoms with E-state index in [-0.39, 0.29) is 18.6 Å². The normalized spacial score (nSPS) is 18.2. The van der Waals surface area contributed by atoms with Crippen molar-refractivity contribution in [2.75, 3.05) is 19.7 Å². The zero-order valence-corrected chi connectivity index (χ0v) is 15.6. The van der Waals surface area contributed by atoms with Crippen molar-refractivity contribution in [1.29, 1.82) is 0 Å². The van der Waals surface area contributed by atoms with E-state index >= 15 is 0 Å². The van der Waals surface area contributed by atoms with Crippen LogP contribution in [-0.2, 0) is 14.3 Å². The third-order valence-electron chi connectivity index (χ3n) is 3.60. The number of rotatable bonds is 7. The van der Waals surface area contributed by atoms with Crippen LogP contribution in [0.2, 0.25) is 0 Å². The van der Waals surface area contributed by atoms with Crippen molar-refractivity contribution >= 4 is 45.1 Å². The summed E-state index contributed by atoms with van der Waals surface area (Å²) in [5, 5.41) is 11.6. The third kappa shape index (κ3) is 5.29. The Morgan fingerprint density at radius 1 is 1.50 bits per heavy atom. The molecule has 1 saturated heterocycles. The molecule has 24 heavy (non-hydrogen) atoms. The average molecular weight is 419 g/mol. The summed E-state index contributed by atoms with van der Waals surface area (Å²) in [5.41, 5.74) is 0. The van der Waals surface area contributed by atoms with Crippen LogP contribution in [0.1, 0.15) is 29.4 Å². The molecule has 0 bridgehead atoms. The number of nitrogens with one attached hydrogen (secondary N) is 1. The Morgan fingerprint density at radius 3 is 2.79 bits per heavy atom. The summed E-state index contributed by atoms with van der Waals surface area (Å²) in [6.45, 7) is 1.98. The quantitative estimate of drug-likeness (QED) is 0.702. The summed E-state index contributed by atoms with van der Waals surface area (Å²) in [5.74, 6) is -1.89. The Bertz CT molecular complexity index is 615. The maximum atomic E-state index is 12.5. The number of hydrogen-bond acceptors (Lipinski definition) is 5. The van der Waals surface area contributed by atoms with E-state index in [2.05, 4.69) is 21.2 Å². The molecule has 0 aliphatic carbocycles. The molecule has 9 heteroatoms. The van der Waals surface area contributed by atoms with E-state index in [9.17, 15) is 14.4 Å². The van der Waals surface area contributed by atoms with Gasteiger partial charge in [0.25, 0.3) is 5.91 Å². The van der Waals surface area contributed by atoms with Gasteiger partial charge in [0.1, 0.15) is 12.6 Å². The molecule has 1 aromatic heterocycles. The monoisotopic (exact) mass is 418 g/mol. The smallest absolute Gasteiger partial charge is 0.323 e. The zero-order chi connectivity index (χ0) is 17.7. The SMILES string of the molecule is C[C@@H](NC(=O)c1ccc(Br)s1)C(=O)N(CC(=O)O)C[C@@H]1CCCO1. The van der Waals surface area contributed by atoms with Gasteiger partial charge in [-0.15, -0.1) is 11.3 Å². The molecule has 0 unspecified atom stereocenters. The Kier molecular flexibility index (Phi) is 6.76. The highest BCUT2D eigenvalue weighted by Gasteiger charge is 2.28. The van der Waals surface area contributed by atoms with Crippen molar-refractivity contribution in [1.82, 2.24) is 10.2 Å². The molecule has 7 nitrogen and oxygen atoms in total. The van der Waals surface area contributed by atoms with E-state index in [1.54, 1.807) is 19.1 Å². The van der Waals surface area contributed by atoms with E-state index in [1.165, 1.54) is 16.2 Å². The number of amides is 2. The molecule has 0 saturated carbocycles. The van der Waals surface area contributed by atoms with Gasteiger partial charge in [-0.25, -0.2) is 0 Å². The number of nitrogens with zero attached hydrogens (tertiary/aromatic N) is 1. The number of ether oxygens (including phenoxy) is 1. The predicted octanol–water partition coefficient (Wildman–Crippen LogP) is 1.72. The molecule has 2 rings (SSSR count). The molecule has 1 fully saturated rings. The van der Waals surface area contributed by atoms with E-state index in [4.69, 9.17) is 9.84 Å². The largest absolute Gasteiger partial charge is 0.480 e. The molecule has 1 aliphatic heterocycles. The van der Waals surface area contributed by atoms with Gasteiger partial charge in [-0.3, -0.25) is 14.4 Å². The average Bonchev–Trinajstić information content (AvgIpc) is 3.16. The van der Waals surface area contributed by atoms with Crippen molar-refractivity contribution in [3.8, 4) is 0 Å². The van der Waals surface area contributed by atoms with E-state index in [0.29, 0.717) is 11.5 Å². The van der Waals surface area contributed by atoms with Crippen molar-refractivity contribution in [3.05, 3.63) is 20.8 Å². The molecule has 2 N–H and O–H groups in total. The maximum Gasteiger partial charge on any atom is 0.323 e. The van der Waals surface area contributed by atoms with Crippen molar-refractivity contribution in [3.63, 3.8) is 0 Å². The topological polar surface area (TPSA) is 95.9 Å². The van der Waals surface area contributed by atoms with E-state index in [0.717, 1.165) is 16.6 Å². The number of aliphatic carboxylic acids is 1. The van der Waals surface area contributed by atoms with Crippen LogP contribution in [0.3, 0.4) is 0 Å². The Balaban J connectivity index is 1.98. The summed E-state index contributed by atoms with van der Waals surface area (Å²) >= 11 is 4.54. The molecule has 1 aromatic rings. The molecule has 0 radical (unpaired) electrons. The van der Waals surface area contributed by atoms with Crippen LogP contribution in [0, 0.1) is 0 Å². The van der Waals surface area contributed by atoms with Crippen LogP contribution in [0.15, 0.2) is 15.9 Å². The second-order valence-corrected chi connectivity index (χ2v) is 8.01. The van der Waals surface area contributed by atoms with Gasteiger partial charge in [0, 0.05) is 13.2 Å². The first-order valence-electron chi connectivity index (χ1n) is 7.55. The van der Waals surface area contributed by atoms with Crippen LogP contribution >= 0.6 is 27.3 Å². The molecule has 0 aromatic carbocycles. The van der Waals surface area contributed by atoms with Crippen molar-refractivity contribution in [2.45, 2.75) is 31.9 Å². The zero-order valence-electron chi connectivity index (χ0n) is 13.2.